The molecule has 0 aliphatic carbocycles. The second-order valence-electron chi connectivity index (χ2n) is 3.19. The molecule has 0 aromatic carbocycles. The van der Waals surface area contributed by atoms with Gasteiger partial charge in [-0.3, -0.25) is 9.63 Å². The van der Waals surface area contributed by atoms with Crippen LogP contribution in [-0.2, 0) is 9.63 Å². The van der Waals surface area contributed by atoms with Crippen LogP contribution in [0, 0.1) is 5.92 Å². The maximum absolute atomic E-state index is 10.8. The number of carbonyl (C=O) groups excluding carboxylic acids is 1. The lowest BCUT2D eigenvalue weighted by molar-refractivity contribution is -0.140. The zero-order chi connectivity index (χ0) is 9.56. The highest BCUT2D eigenvalue weighted by molar-refractivity contribution is 5.74. The molecule has 1 N–H and O–H groups in total. The topological polar surface area (TPSA) is 38.3 Å². The van der Waals surface area contributed by atoms with Crippen LogP contribution in [0.2, 0.25) is 0 Å². The quantitative estimate of drug-likeness (QED) is 0.645. The van der Waals surface area contributed by atoms with Gasteiger partial charge in [0.05, 0.1) is 6.10 Å². The second-order valence-corrected chi connectivity index (χ2v) is 3.19. The summed E-state index contributed by atoms with van der Waals surface area (Å²) < 4.78 is 0. The standard InChI is InChI=1S/C9H19NO2/c1-5-8(7(3)4)12-10-9(11)6-2/h7-8H,5-6H2,1-4H3,(H,10,11). The van der Waals surface area contributed by atoms with E-state index < -0.39 is 0 Å². The van der Waals surface area contributed by atoms with Gasteiger partial charge in [0.15, 0.2) is 0 Å². The van der Waals surface area contributed by atoms with Gasteiger partial charge in [-0.25, -0.2) is 5.48 Å². The Hall–Kier alpha value is -0.570. The van der Waals surface area contributed by atoms with E-state index in [9.17, 15) is 4.79 Å². The van der Waals surface area contributed by atoms with Crippen molar-refractivity contribution in [3.63, 3.8) is 0 Å². The van der Waals surface area contributed by atoms with Crippen molar-refractivity contribution < 1.29 is 9.63 Å². The molecule has 3 heteroatoms. The third-order valence-corrected chi connectivity index (χ3v) is 1.79. The molecule has 0 rings (SSSR count). The minimum absolute atomic E-state index is 0.0610. The van der Waals surface area contributed by atoms with Crippen molar-refractivity contribution in [2.45, 2.75) is 46.6 Å². The predicted molar refractivity (Wildman–Crippen MR) is 48.4 cm³/mol. The fraction of sp³-hybridized carbons (Fsp3) is 0.889. The van der Waals surface area contributed by atoms with Crippen molar-refractivity contribution in [3.05, 3.63) is 0 Å². The van der Waals surface area contributed by atoms with Gasteiger partial charge in [0.1, 0.15) is 0 Å². The zero-order valence-corrected chi connectivity index (χ0v) is 8.39. The number of hydrogen-bond acceptors (Lipinski definition) is 2. The lowest BCUT2D eigenvalue weighted by Crippen LogP contribution is -2.31. The van der Waals surface area contributed by atoms with Crippen LogP contribution < -0.4 is 5.48 Å². The highest BCUT2D eigenvalue weighted by Gasteiger charge is 2.12. The van der Waals surface area contributed by atoms with Gasteiger partial charge in [-0.2, -0.15) is 0 Å². The fourth-order valence-corrected chi connectivity index (χ4v) is 0.904. The van der Waals surface area contributed by atoms with E-state index in [4.69, 9.17) is 4.84 Å². The molecule has 0 aliphatic rings. The maximum Gasteiger partial charge on any atom is 0.243 e. The molecule has 0 fully saturated rings. The Morgan fingerprint density at radius 2 is 2.00 bits per heavy atom. The van der Waals surface area contributed by atoms with E-state index in [1.807, 2.05) is 6.92 Å². The molecule has 0 saturated carbocycles. The van der Waals surface area contributed by atoms with Gasteiger partial charge in [0.25, 0.3) is 0 Å². The number of rotatable bonds is 5. The van der Waals surface area contributed by atoms with Gasteiger partial charge in [0, 0.05) is 6.42 Å². The highest BCUT2D eigenvalue weighted by Crippen LogP contribution is 2.08. The lowest BCUT2D eigenvalue weighted by atomic mass is 10.1. The summed E-state index contributed by atoms with van der Waals surface area (Å²) in [5, 5.41) is 0. The number of amides is 1. The highest BCUT2D eigenvalue weighted by atomic mass is 16.7. The third-order valence-electron chi connectivity index (χ3n) is 1.79. The summed E-state index contributed by atoms with van der Waals surface area (Å²) in [6.45, 7) is 8.00. The Labute approximate surface area is 74.4 Å². The Kier molecular flexibility index (Phi) is 5.72. The van der Waals surface area contributed by atoms with Crippen molar-refractivity contribution in [3.8, 4) is 0 Å². The van der Waals surface area contributed by atoms with Gasteiger partial charge < -0.3 is 0 Å². The molecule has 1 amide bonds. The molecule has 0 radical (unpaired) electrons. The number of hydrogen-bond donors (Lipinski definition) is 1. The molecule has 1 unspecified atom stereocenters. The Bertz CT molecular complexity index is 134. The Morgan fingerprint density at radius 3 is 2.33 bits per heavy atom. The number of carbonyl (C=O) groups is 1. The van der Waals surface area contributed by atoms with Crippen molar-refractivity contribution in [2.75, 3.05) is 0 Å². The fourth-order valence-electron chi connectivity index (χ4n) is 0.904. The molecule has 0 spiro atoms. The lowest BCUT2D eigenvalue weighted by Gasteiger charge is -2.18. The Balaban J connectivity index is 3.65. The first-order valence-corrected chi connectivity index (χ1v) is 4.56. The van der Waals surface area contributed by atoms with E-state index in [1.165, 1.54) is 0 Å². The van der Waals surface area contributed by atoms with Crippen molar-refractivity contribution >= 4 is 5.91 Å². The van der Waals surface area contributed by atoms with E-state index in [1.54, 1.807) is 6.92 Å². The normalized spacial score (nSPS) is 13.1. The first-order valence-electron chi connectivity index (χ1n) is 4.56. The van der Waals surface area contributed by atoms with Crippen LogP contribution in [0.25, 0.3) is 0 Å². The molecule has 3 nitrogen and oxygen atoms in total. The molecular weight excluding hydrogens is 154 g/mol. The minimum atomic E-state index is -0.0610. The van der Waals surface area contributed by atoms with Crippen molar-refractivity contribution in [1.82, 2.24) is 5.48 Å². The molecular formula is C9H19NO2. The Morgan fingerprint density at radius 1 is 1.42 bits per heavy atom. The van der Waals surface area contributed by atoms with Crippen LogP contribution in [0.3, 0.4) is 0 Å². The summed E-state index contributed by atoms with van der Waals surface area (Å²) in [7, 11) is 0. The van der Waals surface area contributed by atoms with Crippen LogP contribution in [0.1, 0.15) is 40.5 Å². The van der Waals surface area contributed by atoms with Crippen LogP contribution in [-0.4, -0.2) is 12.0 Å². The number of nitrogens with one attached hydrogen (secondary N) is 1. The summed E-state index contributed by atoms with van der Waals surface area (Å²) in [6, 6.07) is 0. The minimum Gasteiger partial charge on any atom is -0.273 e. The van der Waals surface area contributed by atoms with Gasteiger partial charge in [-0.15, -0.1) is 0 Å². The van der Waals surface area contributed by atoms with E-state index in [2.05, 4.69) is 19.3 Å². The van der Waals surface area contributed by atoms with Crippen LogP contribution >= 0.6 is 0 Å². The molecule has 0 aromatic heterocycles. The molecule has 0 bridgehead atoms. The summed E-state index contributed by atoms with van der Waals surface area (Å²) in [4.78, 5) is 16.0. The second kappa shape index (κ2) is 6.00. The predicted octanol–water partition coefficient (Wildman–Crippen LogP) is 1.88. The SMILES string of the molecule is CCC(=O)NOC(CC)C(C)C. The van der Waals surface area contributed by atoms with E-state index in [0.717, 1.165) is 6.42 Å². The van der Waals surface area contributed by atoms with Crippen LogP contribution in [0.4, 0.5) is 0 Å². The molecule has 0 aromatic rings. The largest absolute Gasteiger partial charge is 0.273 e. The molecule has 12 heavy (non-hydrogen) atoms. The molecule has 0 aliphatic heterocycles. The van der Waals surface area contributed by atoms with E-state index >= 15 is 0 Å². The molecule has 0 heterocycles. The van der Waals surface area contributed by atoms with E-state index in [-0.39, 0.29) is 12.0 Å². The first-order chi connectivity index (χ1) is 5.61. The molecule has 0 saturated heterocycles. The van der Waals surface area contributed by atoms with Gasteiger partial charge in [0.2, 0.25) is 5.91 Å². The number of hydroxylamine groups is 1. The summed E-state index contributed by atoms with van der Waals surface area (Å²) in [6.07, 6.45) is 1.51. The third kappa shape index (κ3) is 4.34. The monoisotopic (exact) mass is 173 g/mol. The average molecular weight is 173 g/mol. The first kappa shape index (κ1) is 11.4. The smallest absolute Gasteiger partial charge is 0.243 e. The zero-order valence-electron chi connectivity index (χ0n) is 8.39. The van der Waals surface area contributed by atoms with Crippen LogP contribution in [0.15, 0.2) is 0 Å². The summed E-state index contributed by atoms with van der Waals surface area (Å²) in [5.41, 5.74) is 2.43. The van der Waals surface area contributed by atoms with Gasteiger partial charge in [-0.1, -0.05) is 27.7 Å². The van der Waals surface area contributed by atoms with Gasteiger partial charge >= 0.3 is 0 Å². The van der Waals surface area contributed by atoms with Crippen molar-refractivity contribution in [1.29, 1.82) is 0 Å². The average Bonchev–Trinajstić information content (AvgIpc) is 2.04. The van der Waals surface area contributed by atoms with Crippen LogP contribution in [0.5, 0.6) is 0 Å². The molecule has 72 valence electrons. The van der Waals surface area contributed by atoms with Gasteiger partial charge in [-0.05, 0) is 12.3 Å². The van der Waals surface area contributed by atoms with Crippen molar-refractivity contribution in [2.24, 2.45) is 5.92 Å². The van der Waals surface area contributed by atoms with E-state index in [0.29, 0.717) is 12.3 Å². The summed E-state index contributed by atoms with van der Waals surface area (Å²) >= 11 is 0. The summed E-state index contributed by atoms with van der Waals surface area (Å²) in [5.74, 6) is 0.376. The molecule has 1 atom stereocenters. The maximum atomic E-state index is 10.8.